The summed E-state index contributed by atoms with van der Waals surface area (Å²) in [6.07, 6.45) is 2.44. The van der Waals surface area contributed by atoms with Crippen molar-refractivity contribution >= 4 is 54.8 Å². The molecule has 5 N–H and O–H groups in total. The number of anilines is 1. The van der Waals surface area contributed by atoms with E-state index in [1.54, 1.807) is 24.3 Å². The van der Waals surface area contributed by atoms with Gasteiger partial charge in [-0.05, 0) is 75.9 Å². The quantitative estimate of drug-likeness (QED) is 0.0705. The van der Waals surface area contributed by atoms with E-state index in [1.165, 1.54) is 12.1 Å². The van der Waals surface area contributed by atoms with Crippen molar-refractivity contribution in [3.63, 3.8) is 0 Å². The number of carbonyl (C=O) groups is 2. The maximum Gasteiger partial charge on any atom is 0.488 e. The summed E-state index contributed by atoms with van der Waals surface area (Å²) >= 11 is 0. The first-order valence-corrected chi connectivity index (χ1v) is 21.3. The number of imide groups is 1. The summed E-state index contributed by atoms with van der Waals surface area (Å²) in [7, 11) is -4.88. The van der Waals surface area contributed by atoms with Crippen molar-refractivity contribution in [1.82, 2.24) is 0 Å². The molecule has 292 valence electrons. The van der Waals surface area contributed by atoms with Gasteiger partial charge >= 0.3 is 7.12 Å². The van der Waals surface area contributed by atoms with E-state index >= 15 is 0 Å². The molecule has 9 nitrogen and oxygen atoms in total. The molecule has 1 heterocycles. The van der Waals surface area contributed by atoms with Gasteiger partial charge in [-0.2, -0.15) is 0 Å². The normalized spacial score (nSPS) is 19.7. The van der Waals surface area contributed by atoms with Gasteiger partial charge in [-0.3, -0.25) is 14.5 Å². The molecule has 1 aliphatic carbocycles. The SMILES string of the molecule is CC/C(=C\c1ccccc1O)CC[C@@H](O)C1=C(CO[Si](c2ccccc2)(c2ccccc2)C(C)(C)C)C[C@H]2C(=O)N(c3cccc(B(O)O)c3)C(=O)[C@H]2[C@H]1CO. The fourth-order valence-electron chi connectivity index (χ4n) is 8.79. The number of rotatable bonds is 14. The smallest absolute Gasteiger partial charge is 0.488 e. The lowest BCUT2D eigenvalue weighted by molar-refractivity contribution is -0.123. The van der Waals surface area contributed by atoms with Gasteiger partial charge in [0.05, 0.1) is 36.8 Å². The minimum absolute atomic E-state index is 0.0708. The number of amides is 2. The number of fused-ring (bicyclic) bond motifs is 1. The number of phenolic OH excluding ortho intramolecular Hbond substituents is 1. The second-order valence-corrected chi connectivity index (χ2v) is 20.2. The van der Waals surface area contributed by atoms with Gasteiger partial charge in [0.1, 0.15) is 5.75 Å². The Morgan fingerprint density at radius 1 is 0.911 bits per heavy atom. The van der Waals surface area contributed by atoms with Crippen molar-refractivity contribution in [2.45, 2.75) is 64.5 Å². The molecule has 2 amide bonds. The van der Waals surface area contributed by atoms with Crippen molar-refractivity contribution in [2.75, 3.05) is 18.1 Å². The van der Waals surface area contributed by atoms with E-state index in [2.05, 4.69) is 45.0 Å². The first kappa shape index (κ1) is 41.0. The van der Waals surface area contributed by atoms with Gasteiger partial charge < -0.3 is 29.8 Å². The van der Waals surface area contributed by atoms with Crippen LogP contribution in [0.2, 0.25) is 5.04 Å². The van der Waals surface area contributed by atoms with Crippen molar-refractivity contribution < 1.29 is 39.4 Å². The Balaban J connectivity index is 1.43. The largest absolute Gasteiger partial charge is 0.507 e. The number of carbonyl (C=O) groups excluding carboxylic acids is 2. The highest BCUT2D eigenvalue weighted by molar-refractivity contribution is 6.99. The van der Waals surface area contributed by atoms with E-state index in [0.717, 1.165) is 20.8 Å². The number of aliphatic hydroxyl groups excluding tert-OH is 2. The summed E-state index contributed by atoms with van der Waals surface area (Å²) in [5.41, 5.74) is 3.25. The minimum atomic E-state index is -3.09. The number of nitrogens with zero attached hydrogens (tertiary/aromatic N) is 1. The standard InChI is InChI=1S/C45H52BNO8Si/c1-5-30(25-31-15-12-13-22-39(31)49)23-24-40(50)41-32(29-55-56(45(2,3)4,35-18-8-6-9-19-35)36-20-10-7-11-21-36)26-37-42(38(41)28-48)44(52)47(43(37)51)34-17-14-16-33(27-34)46(53)54/h6-22,25,27,37-38,40,42,48-50,53-54H,5,23-24,26,28-29H2,1-4H3/b30-25+/t37-,38+,40-,42-/m1/s1. The lowest BCUT2D eigenvalue weighted by Crippen LogP contribution is -2.66. The minimum Gasteiger partial charge on any atom is -0.507 e. The maximum atomic E-state index is 14.3. The van der Waals surface area contributed by atoms with E-state index < -0.39 is 57.7 Å². The topological polar surface area (TPSA) is 148 Å². The van der Waals surface area contributed by atoms with E-state index in [-0.39, 0.29) is 41.4 Å². The van der Waals surface area contributed by atoms with Crippen molar-refractivity contribution in [2.24, 2.45) is 17.8 Å². The number of allylic oxidation sites excluding steroid dienone is 1. The van der Waals surface area contributed by atoms with Crippen molar-refractivity contribution in [3.8, 4) is 5.75 Å². The summed E-state index contributed by atoms with van der Waals surface area (Å²) in [5.74, 6) is -3.44. The second kappa shape index (κ2) is 17.3. The zero-order valence-electron chi connectivity index (χ0n) is 32.5. The highest BCUT2D eigenvalue weighted by Gasteiger charge is 2.56. The third-order valence-electron chi connectivity index (χ3n) is 11.5. The van der Waals surface area contributed by atoms with Gasteiger partial charge in [0, 0.05) is 11.5 Å². The molecular weight excluding hydrogens is 721 g/mol. The van der Waals surface area contributed by atoms with Crippen LogP contribution in [-0.4, -0.2) is 71.9 Å². The summed E-state index contributed by atoms with van der Waals surface area (Å²) in [5, 5.41) is 55.3. The zero-order chi connectivity index (χ0) is 40.2. The molecule has 4 atom stereocenters. The molecule has 0 aromatic heterocycles. The molecule has 1 fully saturated rings. The Hall–Kier alpha value is -4.62. The van der Waals surface area contributed by atoms with E-state index in [0.29, 0.717) is 29.6 Å². The van der Waals surface area contributed by atoms with E-state index in [9.17, 15) is 35.0 Å². The molecule has 0 spiro atoms. The average molecular weight is 774 g/mol. The van der Waals surface area contributed by atoms with Crippen LogP contribution in [0.5, 0.6) is 5.75 Å². The average Bonchev–Trinajstić information content (AvgIpc) is 3.45. The van der Waals surface area contributed by atoms with Gasteiger partial charge in [-0.25, -0.2) is 0 Å². The lowest BCUT2D eigenvalue weighted by Gasteiger charge is -2.44. The lowest BCUT2D eigenvalue weighted by atomic mass is 9.68. The Labute approximate surface area is 330 Å². The number of aromatic hydroxyl groups is 1. The fourth-order valence-corrected chi connectivity index (χ4v) is 13.3. The van der Waals surface area contributed by atoms with Gasteiger partial charge in [0.2, 0.25) is 11.8 Å². The Morgan fingerprint density at radius 2 is 1.54 bits per heavy atom. The first-order chi connectivity index (χ1) is 26.8. The Bertz CT molecular complexity index is 2040. The summed E-state index contributed by atoms with van der Waals surface area (Å²) < 4.78 is 7.37. The van der Waals surface area contributed by atoms with Crippen LogP contribution in [0.4, 0.5) is 5.69 Å². The van der Waals surface area contributed by atoms with Crippen LogP contribution in [0.25, 0.3) is 6.08 Å². The molecule has 11 heteroatoms. The number of para-hydroxylation sites is 1. The van der Waals surface area contributed by atoms with Crippen LogP contribution < -0.4 is 20.7 Å². The predicted molar refractivity (Wildman–Crippen MR) is 223 cm³/mol. The van der Waals surface area contributed by atoms with Crippen LogP contribution in [0.1, 0.15) is 58.9 Å². The number of aliphatic hydroxyl groups is 2. The van der Waals surface area contributed by atoms with Gasteiger partial charge in [-0.15, -0.1) is 0 Å². The van der Waals surface area contributed by atoms with Crippen molar-refractivity contribution in [3.05, 3.63) is 131 Å². The van der Waals surface area contributed by atoms with E-state index in [1.807, 2.05) is 61.5 Å². The predicted octanol–water partition coefficient (Wildman–Crippen LogP) is 4.70. The number of benzene rings is 4. The van der Waals surface area contributed by atoms with E-state index in [4.69, 9.17) is 4.43 Å². The van der Waals surface area contributed by atoms with Crippen LogP contribution in [0.3, 0.4) is 0 Å². The molecule has 0 saturated carbocycles. The summed E-state index contributed by atoms with van der Waals surface area (Å²) in [6.45, 7) is 8.13. The number of hydrogen-bond acceptors (Lipinski definition) is 8. The molecule has 0 radical (unpaired) electrons. The highest BCUT2D eigenvalue weighted by atomic mass is 28.4. The molecule has 4 aromatic rings. The molecule has 0 unspecified atom stereocenters. The van der Waals surface area contributed by atoms with Crippen LogP contribution in [0.15, 0.2) is 126 Å². The zero-order valence-corrected chi connectivity index (χ0v) is 33.5. The Kier molecular flexibility index (Phi) is 12.6. The van der Waals surface area contributed by atoms with Gasteiger partial charge in [0.25, 0.3) is 8.32 Å². The molecule has 1 aliphatic heterocycles. The first-order valence-electron chi connectivity index (χ1n) is 19.4. The monoisotopic (exact) mass is 773 g/mol. The number of phenols is 1. The van der Waals surface area contributed by atoms with Crippen LogP contribution in [-0.2, 0) is 14.0 Å². The van der Waals surface area contributed by atoms with Gasteiger partial charge in [-0.1, -0.05) is 130 Å². The van der Waals surface area contributed by atoms with Crippen LogP contribution >= 0.6 is 0 Å². The molecule has 56 heavy (non-hydrogen) atoms. The molecule has 1 saturated heterocycles. The summed E-state index contributed by atoms with van der Waals surface area (Å²) in [6, 6.07) is 33.5. The van der Waals surface area contributed by atoms with Gasteiger partial charge in [0.15, 0.2) is 0 Å². The molecule has 4 aromatic carbocycles. The highest BCUT2D eigenvalue weighted by Crippen LogP contribution is 2.48. The molecule has 2 aliphatic rings. The molecular formula is C45H52BNO8Si. The van der Waals surface area contributed by atoms with Crippen molar-refractivity contribution in [1.29, 1.82) is 0 Å². The van der Waals surface area contributed by atoms with Crippen LogP contribution in [0, 0.1) is 17.8 Å². The third-order valence-corrected chi connectivity index (χ3v) is 16.5. The molecule has 6 rings (SSSR count). The third kappa shape index (κ3) is 7.98. The number of hydrogen-bond donors (Lipinski definition) is 5. The second-order valence-electron chi connectivity index (χ2n) is 15.9. The summed E-state index contributed by atoms with van der Waals surface area (Å²) in [4.78, 5) is 29.8. The molecule has 0 bridgehead atoms. The maximum absolute atomic E-state index is 14.3. The Morgan fingerprint density at radius 3 is 2.11 bits per heavy atom. The fraction of sp³-hybridized carbons (Fsp3) is 0.333.